The molecule has 3 N–H and O–H groups in total. The summed E-state index contributed by atoms with van der Waals surface area (Å²) in [6, 6.07) is 0. The quantitative estimate of drug-likeness (QED) is 0.483. The van der Waals surface area contributed by atoms with Crippen molar-refractivity contribution in [2.24, 2.45) is 35.5 Å². The molecule has 2 amide bonds. The lowest BCUT2D eigenvalue weighted by Gasteiger charge is -2.27. The molecule has 4 unspecified atom stereocenters. The van der Waals surface area contributed by atoms with Gasteiger partial charge in [0, 0.05) is 13.1 Å². The predicted molar refractivity (Wildman–Crippen MR) is 121 cm³/mol. The fourth-order valence-corrected chi connectivity index (χ4v) is 6.47. The molecule has 178 valence electrons. The number of hydrogen-bond donors (Lipinski definition) is 3. The Kier molecular flexibility index (Phi) is 7.44. The van der Waals surface area contributed by atoms with E-state index in [1.807, 2.05) is 0 Å². The molecule has 0 radical (unpaired) electrons. The molecule has 0 heterocycles. The standard InChI is InChI=1S/C25H38N2O5/c28-17(13-26(24(29)30)15-22-18-9-5-1-2-6-10-19(18)22)14-27(25(31)32)16-23-20-11-7-3-4-8-12-21(20)23/h1-4,17-23,28H,5-16H2,(H,29,30)(H,31,32)/b2-1+,4-3+. The molecule has 0 aromatic carbocycles. The lowest BCUT2D eigenvalue weighted by atomic mass is 10.1. The molecule has 7 heteroatoms. The van der Waals surface area contributed by atoms with Gasteiger partial charge in [0.15, 0.2) is 0 Å². The van der Waals surface area contributed by atoms with Crippen LogP contribution in [0.4, 0.5) is 9.59 Å². The number of amides is 2. The van der Waals surface area contributed by atoms with Gasteiger partial charge in [-0.15, -0.1) is 0 Å². The van der Waals surface area contributed by atoms with Crippen LogP contribution in [0.5, 0.6) is 0 Å². The fraction of sp³-hybridized carbons (Fsp3) is 0.760. The minimum absolute atomic E-state index is 0.0330. The first-order valence-electron chi connectivity index (χ1n) is 12.4. The van der Waals surface area contributed by atoms with E-state index < -0.39 is 18.3 Å². The predicted octanol–water partition coefficient (Wildman–Crippen LogP) is 4.29. The summed E-state index contributed by atoms with van der Waals surface area (Å²) in [5, 5.41) is 30.0. The average molecular weight is 447 g/mol. The Morgan fingerprint density at radius 2 is 1.00 bits per heavy atom. The van der Waals surface area contributed by atoms with Crippen molar-refractivity contribution in [1.82, 2.24) is 9.80 Å². The highest BCUT2D eigenvalue weighted by molar-refractivity contribution is 5.66. The molecule has 0 aromatic rings. The number of hydrogen-bond acceptors (Lipinski definition) is 3. The summed E-state index contributed by atoms with van der Waals surface area (Å²) in [6.45, 7) is 0.812. The van der Waals surface area contributed by atoms with Crippen LogP contribution >= 0.6 is 0 Å². The monoisotopic (exact) mass is 446 g/mol. The topological polar surface area (TPSA) is 101 Å². The van der Waals surface area contributed by atoms with Gasteiger partial charge in [-0.2, -0.15) is 0 Å². The first-order chi connectivity index (χ1) is 15.5. The molecular weight excluding hydrogens is 408 g/mol. The van der Waals surface area contributed by atoms with Gasteiger partial charge in [-0.3, -0.25) is 0 Å². The summed E-state index contributed by atoms with van der Waals surface area (Å²) in [6.07, 6.45) is 14.5. The van der Waals surface area contributed by atoms with E-state index in [0.717, 1.165) is 51.4 Å². The third kappa shape index (κ3) is 5.66. The zero-order chi connectivity index (χ0) is 22.7. The second-order valence-corrected chi connectivity index (χ2v) is 10.3. The van der Waals surface area contributed by atoms with Crippen molar-refractivity contribution in [1.29, 1.82) is 0 Å². The van der Waals surface area contributed by atoms with Crippen molar-refractivity contribution in [2.45, 2.75) is 57.5 Å². The maximum absolute atomic E-state index is 11.8. The molecule has 4 rings (SSSR count). The zero-order valence-electron chi connectivity index (χ0n) is 18.9. The van der Waals surface area contributed by atoms with Gasteiger partial charge in [0.25, 0.3) is 0 Å². The smallest absolute Gasteiger partial charge is 0.407 e. The second kappa shape index (κ2) is 10.3. The molecule has 0 saturated heterocycles. The van der Waals surface area contributed by atoms with Crippen molar-refractivity contribution in [2.75, 3.05) is 26.2 Å². The molecule has 4 aliphatic rings. The van der Waals surface area contributed by atoms with E-state index in [1.165, 1.54) is 9.80 Å². The Bertz CT molecular complexity index is 646. The van der Waals surface area contributed by atoms with Crippen molar-refractivity contribution in [3.05, 3.63) is 24.3 Å². The van der Waals surface area contributed by atoms with E-state index in [0.29, 0.717) is 48.6 Å². The zero-order valence-corrected chi connectivity index (χ0v) is 18.9. The number of allylic oxidation sites excluding steroid dienone is 4. The maximum atomic E-state index is 11.8. The third-order valence-corrected chi connectivity index (χ3v) is 8.28. The van der Waals surface area contributed by atoms with E-state index in [9.17, 15) is 24.9 Å². The van der Waals surface area contributed by atoms with E-state index in [-0.39, 0.29) is 13.1 Å². The average Bonchev–Trinajstić information content (AvgIpc) is 3.54. The summed E-state index contributed by atoms with van der Waals surface area (Å²) < 4.78 is 0. The Morgan fingerprint density at radius 3 is 1.28 bits per heavy atom. The summed E-state index contributed by atoms with van der Waals surface area (Å²) in [4.78, 5) is 26.3. The Labute approximate surface area is 190 Å². The van der Waals surface area contributed by atoms with Gasteiger partial charge in [-0.25, -0.2) is 9.59 Å². The fourth-order valence-electron chi connectivity index (χ4n) is 6.47. The second-order valence-electron chi connectivity index (χ2n) is 10.3. The van der Waals surface area contributed by atoms with E-state index >= 15 is 0 Å². The highest BCUT2D eigenvalue weighted by Crippen LogP contribution is 2.54. The first-order valence-corrected chi connectivity index (χ1v) is 12.4. The summed E-state index contributed by atoms with van der Waals surface area (Å²) in [5.41, 5.74) is 0. The molecule has 0 aromatic heterocycles. The van der Waals surface area contributed by atoms with Crippen molar-refractivity contribution < 1.29 is 24.9 Å². The molecule has 32 heavy (non-hydrogen) atoms. The van der Waals surface area contributed by atoms with Gasteiger partial charge in [0.1, 0.15) is 0 Å². The van der Waals surface area contributed by atoms with Crippen LogP contribution in [0.2, 0.25) is 0 Å². The molecule has 2 fully saturated rings. The first kappa shape index (κ1) is 23.1. The van der Waals surface area contributed by atoms with Crippen molar-refractivity contribution in [3.63, 3.8) is 0 Å². The number of fused-ring (bicyclic) bond motifs is 2. The van der Waals surface area contributed by atoms with Crippen LogP contribution in [0.1, 0.15) is 51.4 Å². The van der Waals surface area contributed by atoms with Crippen LogP contribution in [-0.2, 0) is 0 Å². The number of aliphatic hydroxyl groups excluding tert-OH is 1. The molecule has 0 spiro atoms. The normalized spacial score (nSPS) is 36.0. The van der Waals surface area contributed by atoms with Gasteiger partial charge in [0.05, 0.1) is 19.2 Å². The van der Waals surface area contributed by atoms with Gasteiger partial charge >= 0.3 is 12.2 Å². The molecule has 2 saturated carbocycles. The minimum Gasteiger partial charge on any atom is -0.465 e. The lowest BCUT2D eigenvalue weighted by molar-refractivity contribution is 0.0632. The maximum Gasteiger partial charge on any atom is 0.407 e. The van der Waals surface area contributed by atoms with Gasteiger partial charge in [-0.1, -0.05) is 24.3 Å². The Morgan fingerprint density at radius 1 is 0.688 bits per heavy atom. The SMILES string of the molecule is O=C(O)N(CC(O)CN(CC1C2CC/C=C/CCC21)C(=O)O)CC1C2CC/C=C/CCC21. The van der Waals surface area contributed by atoms with Crippen molar-refractivity contribution in [3.8, 4) is 0 Å². The van der Waals surface area contributed by atoms with E-state index in [4.69, 9.17) is 0 Å². The highest BCUT2D eigenvalue weighted by atomic mass is 16.4. The van der Waals surface area contributed by atoms with Crippen LogP contribution in [0.25, 0.3) is 0 Å². The third-order valence-electron chi connectivity index (χ3n) is 8.28. The molecule has 0 aliphatic heterocycles. The molecule has 4 atom stereocenters. The van der Waals surface area contributed by atoms with Gasteiger partial charge in [-0.05, 0) is 86.9 Å². The Balaban J connectivity index is 1.27. The minimum atomic E-state index is -1.03. The lowest BCUT2D eigenvalue weighted by Crippen LogP contribution is -2.45. The molecule has 4 aliphatic carbocycles. The number of nitrogens with zero attached hydrogens (tertiary/aromatic N) is 2. The summed E-state index contributed by atoms with van der Waals surface area (Å²) >= 11 is 0. The van der Waals surface area contributed by atoms with Gasteiger partial charge < -0.3 is 25.1 Å². The number of carbonyl (C=O) groups is 2. The number of aliphatic hydroxyl groups is 1. The van der Waals surface area contributed by atoms with E-state index in [2.05, 4.69) is 24.3 Å². The summed E-state index contributed by atoms with van der Waals surface area (Å²) in [5.74, 6) is 3.05. The Hall–Kier alpha value is -2.02. The number of carboxylic acid groups (broad SMARTS) is 2. The molecule has 7 nitrogen and oxygen atoms in total. The van der Waals surface area contributed by atoms with Crippen LogP contribution < -0.4 is 0 Å². The molecule has 0 bridgehead atoms. The van der Waals surface area contributed by atoms with Crippen LogP contribution in [-0.4, -0.2) is 69.6 Å². The van der Waals surface area contributed by atoms with Crippen LogP contribution in [0, 0.1) is 35.5 Å². The van der Waals surface area contributed by atoms with Crippen LogP contribution in [0.15, 0.2) is 24.3 Å². The largest absolute Gasteiger partial charge is 0.465 e. The van der Waals surface area contributed by atoms with Crippen molar-refractivity contribution >= 4 is 12.2 Å². The highest BCUT2D eigenvalue weighted by Gasteiger charge is 2.50. The molecular formula is C25H38N2O5. The number of rotatable bonds is 8. The summed E-state index contributed by atoms with van der Waals surface area (Å²) in [7, 11) is 0. The van der Waals surface area contributed by atoms with Gasteiger partial charge in [0.2, 0.25) is 0 Å². The van der Waals surface area contributed by atoms with E-state index in [1.54, 1.807) is 0 Å². The van der Waals surface area contributed by atoms with Crippen LogP contribution in [0.3, 0.4) is 0 Å².